The maximum atomic E-state index is 11.8. The van der Waals surface area contributed by atoms with Crippen LogP contribution in [0.3, 0.4) is 0 Å². The van der Waals surface area contributed by atoms with Gasteiger partial charge in [0.25, 0.3) is 17.2 Å². The van der Waals surface area contributed by atoms with E-state index >= 15 is 0 Å². The molecular formula is C12H10N4O4. The summed E-state index contributed by atoms with van der Waals surface area (Å²) >= 11 is 0. The Bertz CT molecular complexity index is 718. The molecule has 2 rings (SSSR count). The Morgan fingerprint density at radius 2 is 2.10 bits per heavy atom. The van der Waals surface area contributed by atoms with E-state index in [1.165, 1.54) is 30.3 Å². The number of carbonyl (C=O) groups is 1. The molecule has 1 aromatic heterocycles. The minimum absolute atomic E-state index is 0.0230. The number of hydrogen-bond acceptors (Lipinski definition) is 5. The van der Waals surface area contributed by atoms with Crippen LogP contribution in [0.15, 0.2) is 35.1 Å². The Morgan fingerprint density at radius 3 is 2.65 bits per heavy atom. The topological polar surface area (TPSA) is 118 Å². The first-order valence-electron chi connectivity index (χ1n) is 5.59. The summed E-state index contributed by atoms with van der Waals surface area (Å²) in [4.78, 5) is 32.8. The van der Waals surface area contributed by atoms with Crippen molar-refractivity contribution in [1.82, 2.24) is 10.2 Å². The van der Waals surface area contributed by atoms with Gasteiger partial charge in [-0.2, -0.15) is 5.10 Å². The number of nitrogens with one attached hydrogen (secondary N) is 2. The molecule has 0 aliphatic carbocycles. The smallest absolute Gasteiger partial charge is 0.276 e. The van der Waals surface area contributed by atoms with Crippen molar-refractivity contribution in [1.29, 1.82) is 0 Å². The molecule has 0 aliphatic rings. The van der Waals surface area contributed by atoms with Crippen molar-refractivity contribution >= 4 is 17.3 Å². The van der Waals surface area contributed by atoms with Gasteiger partial charge in [-0.3, -0.25) is 19.7 Å². The van der Waals surface area contributed by atoms with Gasteiger partial charge in [0.2, 0.25) is 0 Å². The second kappa shape index (κ2) is 5.31. The van der Waals surface area contributed by atoms with Crippen molar-refractivity contribution in [3.63, 3.8) is 0 Å². The highest BCUT2D eigenvalue weighted by Gasteiger charge is 2.12. The Morgan fingerprint density at radius 1 is 1.35 bits per heavy atom. The van der Waals surface area contributed by atoms with Crippen LogP contribution in [0.25, 0.3) is 0 Å². The van der Waals surface area contributed by atoms with Gasteiger partial charge in [0.15, 0.2) is 0 Å². The van der Waals surface area contributed by atoms with Gasteiger partial charge in [-0.05, 0) is 25.1 Å². The first-order valence-corrected chi connectivity index (χ1v) is 5.59. The fourth-order valence-corrected chi connectivity index (χ4v) is 1.60. The van der Waals surface area contributed by atoms with Crippen LogP contribution in [0, 0.1) is 17.0 Å². The number of nitro groups is 1. The van der Waals surface area contributed by atoms with E-state index in [1.54, 1.807) is 6.92 Å². The molecule has 2 N–H and O–H groups in total. The number of benzene rings is 1. The summed E-state index contributed by atoms with van der Waals surface area (Å²) in [7, 11) is 0. The largest absolute Gasteiger partial charge is 0.321 e. The molecule has 8 heteroatoms. The van der Waals surface area contributed by atoms with E-state index in [0.29, 0.717) is 11.3 Å². The number of aryl methyl sites for hydroxylation is 1. The van der Waals surface area contributed by atoms with Gasteiger partial charge in [0, 0.05) is 23.4 Å². The molecule has 102 valence electrons. The van der Waals surface area contributed by atoms with E-state index in [-0.39, 0.29) is 11.4 Å². The molecule has 0 bridgehead atoms. The third kappa shape index (κ3) is 2.86. The zero-order chi connectivity index (χ0) is 14.7. The van der Waals surface area contributed by atoms with Gasteiger partial charge in [0.1, 0.15) is 5.69 Å². The highest BCUT2D eigenvalue weighted by Crippen LogP contribution is 2.21. The molecule has 0 spiro atoms. The van der Waals surface area contributed by atoms with E-state index in [1.807, 2.05) is 0 Å². The molecule has 0 saturated heterocycles. The highest BCUT2D eigenvalue weighted by molar-refractivity contribution is 6.02. The normalized spacial score (nSPS) is 10.1. The van der Waals surface area contributed by atoms with Gasteiger partial charge in [-0.25, -0.2) is 5.10 Å². The number of aromatic amines is 1. The van der Waals surface area contributed by atoms with Crippen LogP contribution in [0.2, 0.25) is 0 Å². The molecule has 0 saturated carbocycles. The van der Waals surface area contributed by atoms with Crippen LogP contribution < -0.4 is 10.9 Å². The molecule has 0 radical (unpaired) electrons. The molecule has 20 heavy (non-hydrogen) atoms. The van der Waals surface area contributed by atoms with E-state index in [0.717, 1.165) is 0 Å². The van der Waals surface area contributed by atoms with Crippen LogP contribution in [0.1, 0.15) is 16.1 Å². The molecule has 1 amide bonds. The standard InChI is InChI=1S/C12H10N4O4/c1-7-6-8(2-4-10(7)16(19)20)13-12(18)9-3-5-11(17)15-14-9/h2-6H,1H3,(H,13,18)(H,15,17). The predicted octanol–water partition coefficient (Wildman–Crippen LogP) is 1.24. The average Bonchev–Trinajstić information content (AvgIpc) is 2.39. The van der Waals surface area contributed by atoms with Crippen molar-refractivity contribution < 1.29 is 9.72 Å². The second-order valence-corrected chi connectivity index (χ2v) is 4.02. The molecule has 8 nitrogen and oxygen atoms in total. The second-order valence-electron chi connectivity index (χ2n) is 4.02. The summed E-state index contributed by atoms with van der Waals surface area (Å²) in [5.41, 5.74) is 0.451. The van der Waals surface area contributed by atoms with Crippen molar-refractivity contribution in [3.05, 3.63) is 62.1 Å². The van der Waals surface area contributed by atoms with Gasteiger partial charge < -0.3 is 5.32 Å². The lowest BCUT2D eigenvalue weighted by Gasteiger charge is -2.05. The van der Waals surface area contributed by atoms with Crippen molar-refractivity contribution in [2.24, 2.45) is 0 Å². The number of carbonyl (C=O) groups excluding carboxylic acids is 1. The fraction of sp³-hybridized carbons (Fsp3) is 0.0833. The molecule has 2 aromatic rings. The number of H-pyrrole nitrogens is 1. The lowest BCUT2D eigenvalue weighted by molar-refractivity contribution is -0.385. The van der Waals surface area contributed by atoms with E-state index < -0.39 is 16.4 Å². The van der Waals surface area contributed by atoms with Crippen molar-refractivity contribution in [2.75, 3.05) is 5.32 Å². The Labute approximate surface area is 112 Å². The summed E-state index contributed by atoms with van der Waals surface area (Å²) in [5.74, 6) is -0.519. The van der Waals surface area contributed by atoms with Crippen LogP contribution in [0.5, 0.6) is 0 Å². The Balaban J connectivity index is 2.20. The number of aromatic nitrogens is 2. The SMILES string of the molecule is Cc1cc(NC(=O)c2ccc(=O)[nH]n2)ccc1[N+](=O)[O-]. The molecular weight excluding hydrogens is 264 g/mol. The first kappa shape index (κ1) is 13.4. The fourth-order valence-electron chi connectivity index (χ4n) is 1.60. The number of rotatable bonds is 3. The third-order valence-corrected chi connectivity index (χ3v) is 2.56. The van der Waals surface area contributed by atoms with Gasteiger partial charge >= 0.3 is 0 Å². The highest BCUT2D eigenvalue weighted by atomic mass is 16.6. The van der Waals surface area contributed by atoms with Gasteiger partial charge in [-0.15, -0.1) is 0 Å². The van der Waals surface area contributed by atoms with E-state index in [2.05, 4.69) is 15.5 Å². The number of nitrogens with zero attached hydrogens (tertiary/aromatic N) is 2. The summed E-state index contributed by atoms with van der Waals surface area (Å²) < 4.78 is 0. The monoisotopic (exact) mass is 274 g/mol. The maximum Gasteiger partial charge on any atom is 0.276 e. The zero-order valence-electron chi connectivity index (χ0n) is 10.4. The number of amides is 1. The summed E-state index contributed by atoms with van der Waals surface area (Å²) in [6.45, 7) is 1.58. The molecule has 1 aromatic carbocycles. The lowest BCUT2D eigenvalue weighted by Crippen LogP contribution is -2.17. The summed E-state index contributed by atoms with van der Waals surface area (Å²) in [6.07, 6.45) is 0. The minimum Gasteiger partial charge on any atom is -0.321 e. The van der Waals surface area contributed by atoms with Crippen molar-refractivity contribution in [2.45, 2.75) is 6.92 Å². The quantitative estimate of drug-likeness (QED) is 0.644. The van der Waals surface area contributed by atoms with Crippen LogP contribution in [-0.4, -0.2) is 21.0 Å². The minimum atomic E-state index is -0.519. The number of hydrogen-bond donors (Lipinski definition) is 2. The zero-order valence-corrected chi connectivity index (χ0v) is 10.4. The molecule has 0 unspecified atom stereocenters. The number of nitro benzene ring substituents is 1. The van der Waals surface area contributed by atoms with Gasteiger partial charge in [0.05, 0.1) is 4.92 Å². The van der Waals surface area contributed by atoms with Crippen LogP contribution in [0.4, 0.5) is 11.4 Å². The molecule has 0 fully saturated rings. The van der Waals surface area contributed by atoms with Crippen molar-refractivity contribution in [3.8, 4) is 0 Å². The lowest BCUT2D eigenvalue weighted by atomic mass is 10.2. The van der Waals surface area contributed by atoms with E-state index in [9.17, 15) is 19.7 Å². The molecule has 0 aliphatic heterocycles. The number of anilines is 1. The third-order valence-electron chi connectivity index (χ3n) is 2.56. The van der Waals surface area contributed by atoms with Gasteiger partial charge in [-0.1, -0.05) is 0 Å². The first-order chi connectivity index (χ1) is 9.47. The van der Waals surface area contributed by atoms with E-state index in [4.69, 9.17) is 0 Å². The summed E-state index contributed by atoms with van der Waals surface area (Å²) in [5, 5.41) is 19.0. The Kier molecular flexibility index (Phi) is 3.56. The molecule has 1 heterocycles. The maximum absolute atomic E-state index is 11.8. The van der Waals surface area contributed by atoms with Crippen LogP contribution in [-0.2, 0) is 0 Å². The molecule has 0 atom stereocenters. The Hall–Kier alpha value is -3.03. The summed E-state index contributed by atoms with van der Waals surface area (Å²) in [6, 6.07) is 6.69. The average molecular weight is 274 g/mol. The predicted molar refractivity (Wildman–Crippen MR) is 70.6 cm³/mol. The van der Waals surface area contributed by atoms with Crippen LogP contribution >= 0.6 is 0 Å².